The Kier molecular flexibility index (Phi) is 7.78. The molecule has 1 heterocycles. The van der Waals surface area contributed by atoms with Crippen LogP contribution in [0.25, 0.3) is 10.8 Å². The predicted molar refractivity (Wildman–Crippen MR) is 155 cm³/mol. The van der Waals surface area contributed by atoms with Crippen molar-refractivity contribution in [1.82, 2.24) is 5.32 Å². The fourth-order valence-corrected chi connectivity index (χ4v) is 5.68. The minimum Gasteiger partial charge on any atom is -0.325 e. The standard InChI is InChI=1S/C31H22ClN3O3S/c32-21-13-14-27(25(15-21)30(38)20-8-2-1-3-9-20)34-29(37)18-39-31-26(17-33)24(16-28(36)35-31)23-12-6-10-19-7-4-5-11-22(19)23/h1-15,24H,16,18H2,(H,34,37)(H,35,36)/t24-/m1/s1. The van der Waals surface area contributed by atoms with Crippen molar-refractivity contribution < 1.29 is 14.4 Å². The lowest BCUT2D eigenvalue weighted by molar-refractivity contribution is -0.121. The molecule has 0 bridgehead atoms. The topological polar surface area (TPSA) is 99.1 Å². The molecule has 0 unspecified atom stereocenters. The Labute approximate surface area is 234 Å². The van der Waals surface area contributed by atoms with Gasteiger partial charge in [-0.05, 0) is 34.5 Å². The van der Waals surface area contributed by atoms with Gasteiger partial charge in [0.15, 0.2) is 5.78 Å². The highest BCUT2D eigenvalue weighted by Crippen LogP contribution is 2.39. The average Bonchev–Trinajstić information content (AvgIpc) is 2.96. The summed E-state index contributed by atoms with van der Waals surface area (Å²) >= 11 is 7.23. The molecule has 8 heteroatoms. The van der Waals surface area contributed by atoms with Crippen LogP contribution >= 0.6 is 23.4 Å². The number of anilines is 1. The van der Waals surface area contributed by atoms with Crippen molar-refractivity contribution in [2.45, 2.75) is 12.3 Å². The van der Waals surface area contributed by atoms with Gasteiger partial charge in [-0.3, -0.25) is 14.4 Å². The lowest BCUT2D eigenvalue weighted by Gasteiger charge is -2.26. The maximum atomic E-state index is 13.1. The minimum atomic E-state index is -0.424. The van der Waals surface area contributed by atoms with Crippen LogP contribution < -0.4 is 10.6 Å². The lowest BCUT2D eigenvalue weighted by Crippen LogP contribution is -2.31. The maximum absolute atomic E-state index is 13.1. The number of amides is 2. The van der Waals surface area contributed by atoms with Crippen LogP contribution in [0.3, 0.4) is 0 Å². The van der Waals surface area contributed by atoms with E-state index in [1.807, 2.05) is 48.5 Å². The van der Waals surface area contributed by atoms with Gasteiger partial charge in [-0.25, -0.2) is 0 Å². The highest BCUT2D eigenvalue weighted by Gasteiger charge is 2.31. The number of allylic oxidation sites excluding steroid dienone is 1. The smallest absolute Gasteiger partial charge is 0.234 e. The SMILES string of the molecule is N#CC1=C(SCC(=O)Nc2ccc(Cl)cc2C(=O)c2ccccc2)NC(=O)C[C@@H]1c1cccc2ccccc12. The molecule has 6 nitrogen and oxygen atoms in total. The summed E-state index contributed by atoms with van der Waals surface area (Å²) < 4.78 is 0. The molecule has 1 atom stereocenters. The number of nitriles is 1. The molecule has 0 saturated heterocycles. The van der Waals surface area contributed by atoms with Crippen molar-refractivity contribution in [1.29, 1.82) is 5.26 Å². The van der Waals surface area contributed by atoms with Crippen LogP contribution in [0.1, 0.15) is 33.8 Å². The van der Waals surface area contributed by atoms with Gasteiger partial charge in [0.1, 0.15) is 0 Å². The van der Waals surface area contributed by atoms with Crippen LogP contribution in [0.2, 0.25) is 5.02 Å². The summed E-state index contributed by atoms with van der Waals surface area (Å²) in [5.41, 5.74) is 2.38. The van der Waals surface area contributed by atoms with Gasteiger partial charge in [-0.15, -0.1) is 0 Å². The van der Waals surface area contributed by atoms with Gasteiger partial charge in [0.2, 0.25) is 11.8 Å². The lowest BCUT2D eigenvalue weighted by atomic mass is 9.84. The van der Waals surface area contributed by atoms with E-state index >= 15 is 0 Å². The highest BCUT2D eigenvalue weighted by atomic mass is 35.5. The zero-order chi connectivity index (χ0) is 27.4. The summed E-state index contributed by atoms with van der Waals surface area (Å²) in [5, 5.41) is 18.3. The summed E-state index contributed by atoms with van der Waals surface area (Å²) in [6.07, 6.45) is 0.142. The van der Waals surface area contributed by atoms with Crippen molar-refractivity contribution in [3.8, 4) is 6.07 Å². The zero-order valence-electron chi connectivity index (χ0n) is 20.6. The number of hydrogen-bond donors (Lipinski definition) is 2. The van der Waals surface area contributed by atoms with E-state index in [0.29, 0.717) is 26.9 Å². The number of carbonyl (C=O) groups is 3. The van der Waals surface area contributed by atoms with Gasteiger partial charge in [-0.2, -0.15) is 5.26 Å². The van der Waals surface area contributed by atoms with Crippen LogP contribution in [-0.2, 0) is 9.59 Å². The van der Waals surface area contributed by atoms with Gasteiger partial charge in [0.25, 0.3) is 0 Å². The monoisotopic (exact) mass is 551 g/mol. The van der Waals surface area contributed by atoms with Gasteiger partial charge < -0.3 is 10.6 Å². The Hall–Kier alpha value is -4.38. The summed E-state index contributed by atoms with van der Waals surface area (Å²) in [4.78, 5) is 38.7. The first-order valence-corrected chi connectivity index (χ1v) is 13.5. The Morgan fingerprint density at radius 3 is 2.54 bits per heavy atom. The number of ketones is 1. The number of fused-ring (bicyclic) bond motifs is 1. The molecule has 1 aliphatic rings. The maximum Gasteiger partial charge on any atom is 0.234 e. The number of rotatable bonds is 7. The molecule has 39 heavy (non-hydrogen) atoms. The van der Waals surface area contributed by atoms with Crippen LogP contribution in [0.5, 0.6) is 0 Å². The summed E-state index contributed by atoms with van der Waals surface area (Å²) in [5.74, 6) is -1.39. The van der Waals surface area contributed by atoms with Gasteiger partial charge in [0, 0.05) is 28.5 Å². The van der Waals surface area contributed by atoms with E-state index in [2.05, 4.69) is 16.7 Å². The summed E-state index contributed by atoms with van der Waals surface area (Å²) in [7, 11) is 0. The van der Waals surface area contributed by atoms with E-state index in [4.69, 9.17) is 11.6 Å². The second-order valence-corrected chi connectivity index (χ2v) is 10.4. The van der Waals surface area contributed by atoms with Crippen LogP contribution in [0.15, 0.2) is 102 Å². The molecule has 0 radical (unpaired) electrons. The van der Waals surface area contributed by atoms with E-state index in [1.165, 1.54) is 6.07 Å². The van der Waals surface area contributed by atoms with E-state index in [0.717, 1.165) is 28.1 Å². The molecule has 0 fully saturated rings. The first kappa shape index (κ1) is 26.2. The number of halogens is 1. The molecular formula is C31H22ClN3O3S. The Bertz CT molecular complexity index is 1670. The van der Waals surface area contributed by atoms with Gasteiger partial charge in [0.05, 0.1) is 28.1 Å². The highest BCUT2D eigenvalue weighted by molar-refractivity contribution is 8.03. The molecule has 1 aliphatic heterocycles. The third-order valence-electron chi connectivity index (χ3n) is 6.44. The molecule has 5 rings (SSSR count). The van der Waals surface area contributed by atoms with Crippen molar-refractivity contribution >= 4 is 57.4 Å². The van der Waals surface area contributed by atoms with Crippen LogP contribution in [-0.4, -0.2) is 23.4 Å². The van der Waals surface area contributed by atoms with Crippen LogP contribution in [0.4, 0.5) is 5.69 Å². The average molecular weight is 552 g/mol. The molecule has 192 valence electrons. The van der Waals surface area contributed by atoms with Crippen molar-refractivity contribution in [2.24, 2.45) is 0 Å². The Morgan fingerprint density at radius 2 is 1.74 bits per heavy atom. The number of benzene rings is 4. The summed E-state index contributed by atoms with van der Waals surface area (Å²) in [6.45, 7) is 0. The quantitative estimate of drug-likeness (QED) is 0.258. The predicted octanol–water partition coefficient (Wildman–Crippen LogP) is 6.43. The van der Waals surface area contributed by atoms with E-state index in [9.17, 15) is 19.6 Å². The molecule has 0 spiro atoms. The number of carbonyl (C=O) groups excluding carboxylic acids is 3. The zero-order valence-corrected chi connectivity index (χ0v) is 22.2. The fraction of sp³-hybridized carbons (Fsp3) is 0.0968. The van der Waals surface area contributed by atoms with E-state index in [-0.39, 0.29) is 29.4 Å². The molecule has 0 aromatic heterocycles. The normalized spacial score (nSPS) is 15.0. The number of hydrogen-bond acceptors (Lipinski definition) is 5. The first-order chi connectivity index (χ1) is 18.9. The third-order valence-corrected chi connectivity index (χ3v) is 7.69. The fourth-order valence-electron chi connectivity index (χ4n) is 4.64. The van der Waals surface area contributed by atoms with Gasteiger partial charge in [-0.1, -0.05) is 96.2 Å². The summed E-state index contributed by atoms with van der Waals surface area (Å²) in [6, 6.07) is 29.4. The molecule has 2 N–H and O–H groups in total. The first-order valence-electron chi connectivity index (χ1n) is 12.2. The number of nitrogens with zero attached hydrogens (tertiary/aromatic N) is 1. The van der Waals surface area contributed by atoms with Crippen molar-refractivity contribution in [2.75, 3.05) is 11.1 Å². The minimum absolute atomic E-state index is 0.0787. The third kappa shape index (κ3) is 5.73. The van der Waals surface area contributed by atoms with Crippen molar-refractivity contribution in [3.63, 3.8) is 0 Å². The number of thioether (sulfide) groups is 1. The second kappa shape index (κ2) is 11.6. The number of nitrogens with one attached hydrogen (secondary N) is 2. The molecule has 4 aromatic carbocycles. The van der Waals surface area contributed by atoms with Crippen LogP contribution in [0, 0.1) is 11.3 Å². The van der Waals surface area contributed by atoms with Crippen molar-refractivity contribution in [3.05, 3.63) is 123 Å². The van der Waals surface area contributed by atoms with E-state index < -0.39 is 11.8 Å². The molecule has 0 saturated carbocycles. The molecule has 4 aromatic rings. The molecule has 0 aliphatic carbocycles. The molecular weight excluding hydrogens is 530 g/mol. The van der Waals surface area contributed by atoms with Gasteiger partial charge >= 0.3 is 0 Å². The second-order valence-electron chi connectivity index (χ2n) is 8.95. The van der Waals surface area contributed by atoms with E-state index in [1.54, 1.807) is 36.4 Å². The Morgan fingerprint density at radius 1 is 1.00 bits per heavy atom. The largest absolute Gasteiger partial charge is 0.325 e. The molecule has 2 amide bonds. The Balaban J connectivity index is 1.37.